The van der Waals surface area contributed by atoms with E-state index in [2.05, 4.69) is 18.7 Å². The lowest BCUT2D eigenvalue weighted by molar-refractivity contribution is 0.0735. The van der Waals surface area contributed by atoms with Crippen LogP contribution in [0.5, 0.6) is 0 Å². The summed E-state index contributed by atoms with van der Waals surface area (Å²) in [6.45, 7) is 5.05. The van der Waals surface area contributed by atoms with E-state index in [1.54, 1.807) is 11.3 Å². The highest BCUT2D eigenvalue weighted by atomic mass is 35.5. The Bertz CT molecular complexity index is 410. The summed E-state index contributed by atoms with van der Waals surface area (Å²) in [6.07, 6.45) is 4.30. The van der Waals surface area contributed by atoms with E-state index in [9.17, 15) is 4.79 Å². The van der Waals surface area contributed by atoms with E-state index in [1.165, 1.54) is 10.4 Å². The molecule has 1 aliphatic rings. The molecule has 2 heterocycles. The number of halogens is 1. The minimum Gasteiger partial charge on any atom is -0.335 e. The maximum atomic E-state index is 12.5. The SMILES string of the molecule is Cc1cc(C(=O)N2CCCC2CCCCl)sc1C. The van der Waals surface area contributed by atoms with Gasteiger partial charge in [0.2, 0.25) is 0 Å². The molecule has 0 bridgehead atoms. The average molecular weight is 286 g/mol. The van der Waals surface area contributed by atoms with Gasteiger partial charge in [-0.25, -0.2) is 0 Å². The molecule has 2 nitrogen and oxygen atoms in total. The summed E-state index contributed by atoms with van der Waals surface area (Å²) in [5, 5.41) is 0. The molecule has 1 atom stereocenters. The molecule has 0 radical (unpaired) electrons. The molecule has 1 aromatic heterocycles. The minimum atomic E-state index is 0.216. The highest BCUT2D eigenvalue weighted by Crippen LogP contribution is 2.27. The molecule has 1 saturated heterocycles. The molecule has 0 N–H and O–H groups in total. The third-order valence-corrected chi connectivity index (χ3v) is 5.09. The normalized spacial score (nSPS) is 19.5. The molecule has 1 aromatic rings. The highest BCUT2D eigenvalue weighted by Gasteiger charge is 2.29. The van der Waals surface area contributed by atoms with E-state index in [0.717, 1.165) is 37.1 Å². The molecule has 4 heteroatoms. The monoisotopic (exact) mass is 285 g/mol. The molecule has 0 aromatic carbocycles. The van der Waals surface area contributed by atoms with Crippen LogP contribution in [-0.4, -0.2) is 29.3 Å². The first-order valence-corrected chi connectivity index (χ1v) is 7.92. The lowest BCUT2D eigenvalue weighted by atomic mass is 10.1. The van der Waals surface area contributed by atoms with Crippen LogP contribution in [-0.2, 0) is 0 Å². The fourth-order valence-electron chi connectivity index (χ4n) is 2.54. The number of amides is 1. The van der Waals surface area contributed by atoms with Crippen LogP contribution in [0, 0.1) is 13.8 Å². The van der Waals surface area contributed by atoms with Crippen LogP contribution in [0.2, 0.25) is 0 Å². The van der Waals surface area contributed by atoms with Crippen molar-refractivity contribution in [3.63, 3.8) is 0 Å². The number of aryl methyl sites for hydroxylation is 2. The van der Waals surface area contributed by atoms with E-state index in [4.69, 9.17) is 11.6 Å². The van der Waals surface area contributed by atoms with Crippen LogP contribution in [0.4, 0.5) is 0 Å². The quantitative estimate of drug-likeness (QED) is 0.766. The Balaban J connectivity index is 2.07. The van der Waals surface area contributed by atoms with Crippen LogP contribution in [0.15, 0.2) is 6.07 Å². The molecule has 1 fully saturated rings. The van der Waals surface area contributed by atoms with Crippen molar-refractivity contribution in [3.05, 3.63) is 21.4 Å². The number of hydrogen-bond donors (Lipinski definition) is 0. The van der Waals surface area contributed by atoms with Crippen LogP contribution in [0.1, 0.15) is 45.8 Å². The van der Waals surface area contributed by atoms with Gasteiger partial charge in [-0.1, -0.05) is 0 Å². The molecule has 2 rings (SSSR count). The van der Waals surface area contributed by atoms with E-state index in [0.29, 0.717) is 11.9 Å². The number of likely N-dealkylation sites (tertiary alicyclic amines) is 1. The van der Waals surface area contributed by atoms with Gasteiger partial charge >= 0.3 is 0 Å². The molecular formula is C14H20ClNOS. The van der Waals surface area contributed by atoms with Gasteiger partial charge in [0.15, 0.2) is 0 Å². The first kappa shape index (κ1) is 13.9. The molecule has 0 spiro atoms. The maximum Gasteiger partial charge on any atom is 0.264 e. The van der Waals surface area contributed by atoms with Crippen molar-refractivity contribution in [3.8, 4) is 0 Å². The summed E-state index contributed by atoms with van der Waals surface area (Å²) in [5.41, 5.74) is 1.22. The van der Waals surface area contributed by atoms with Gasteiger partial charge in [-0.3, -0.25) is 4.79 Å². The fourth-order valence-corrected chi connectivity index (χ4v) is 3.68. The molecule has 0 aliphatic carbocycles. The predicted molar refractivity (Wildman–Crippen MR) is 77.8 cm³/mol. The Kier molecular flexibility index (Phi) is 4.68. The zero-order chi connectivity index (χ0) is 13.1. The van der Waals surface area contributed by atoms with Gasteiger partial charge in [0.25, 0.3) is 5.91 Å². The fraction of sp³-hybridized carbons (Fsp3) is 0.643. The first-order chi connectivity index (χ1) is 8.63. The highest BCUT2D eigenvalue weighted by molar-refractivity contribution is 7.14. The number of hydrogen-bond acceptors (Lipinski definition) is 2. The van der Waals surface area contributed by atoms with Crippen molar-refractivity contribution in [1.29, 1.82) is 0 Å². The third-order valence-electron chi connectivity index (χ3n) is 3.69. The van der Waals surface area contributed by atoms with Gasteiger partial charge in [0.05, 0.1) is 4.88 Å². The van der Waals surface area contributed by atoms with Gasteiger partial charge in [-0.2, -0.15) is 0 Å². The summed E-state index contributed by atoms with van der Waals surface area (Å²) in [7, 11) is 0. The number of alkyl halides is 1. The van der Waals surface area contributed by atoms with Gasteiger partial charge in [-0.15, -0.1) is 22.9 Å². The summed E-state index contributed by atoms with van der Waals surface area (Å²) in [4.78, 5) is 16.7. The summed E-state index contributed by atoms with van der Waals surface area (Å²) in [6, 6.07) is 2.43. The van der Waals surface area contributed by atoms with E-state index < -0.39 is 0 Å². The van der Waals surface area contributed by atoms with E-state index >= 15 is 0 Å². The second-order valence-electron chi connectivity index (χ2n) is 4.98. The number of thiophene rings is 1. The number of carbonyl (C=O) groups excluding carboxylic acids is 1. The van der Waals surface area contributed by atoms with Crippen molar-refractivity contribution >= 4 is 28.8 Å². The van der Waals surface area contributed by atoms with Crippen LogP contribution >= 0.6 is 22.9 Å². The topological polar surface area (TPSA) is 20.3 Å². The zero-order valence-electron chi connectivity index (χ0n) is 11.0. The molecule has 1 aliphatic heterocycles. The maximum absolute atomic E-state index is 12.5. The second-order valence-corrected chi connectivity index (χ2v) is 6.61. The Morgan fingerprint density at radius 3 is 2.94 bits per heavy atom. The van der Waals surface area contributed by atoms with Gasteiger partial charge in [0, 0.05) is 23.3 Å². The van der Waals surface area contributed by atoms with Crippen molar-refractivity contribution in [2.45, 2.75) is 45.6 Å². The van der Waals surface area contributed by atoms with Crippen molar-refractivity contribution in [2.24, 2.45) is 0 Å². The summed E-state index contributed by atoms with van der Waals surface area (Å²) >= 11 is 7.36. The predicted octanol–water partition coefficient (Wildman–Crippen LogP) is 3.99. The third kappa shape index (κ3) is 2.89. The summed E-state index contributed by atoms with van der Waals surface area (Å²) in [5.74, 6) is 0.906. The Labute approximate surface area is 118 Å². The average Bonchev–Trinajstić information content (AvgIpc) is 2.94. The van der Waals surface area contributed by atoms with Crippen molar-refractivity contribution in [1.82, 2.24) is 4.90 Å². The molecule has 1 amide bonds. The molecule has 100 valence electrons. The Hall–Kier alpha value is -0.540. The van der Waals surface area contributed by atoms with E-state index in [-0.39, 0.29) is 5.91 Å². The van der Waals surface area contributed by atoms with E-state index in [1.807, 2.05) is 6.07 Å². The van der Waals surface area contributed by atoms with Crippen LogP contribution in [0.3, 0.4) is 0 Å². The largest absolute Gasteiger partial charge is 0.335 e. The van der Waals surface area contributed by atoms with Crippen LogP contribution in [0.25, 0.3) is 0 Å². The molecule has 18 heavy (non-hydrogen) atoms. The lowest BCUT2D eigenvalue weighted by Crippen LogP contribution is -2.35. The van der Waals surface area contributed by atoms with Gasteiger partial charge < -0.3 is 4.90 Å². The number of rotatable bonds is 4. The first-order valence-electron chi connectivity index (χ1n) is 6.57. The van der Waals surface area contributed by atoms with Crippen molar-refractivity contribution in [2.75, 3.05) is 12.4 Å². The summed E-state index contributed by atoms with van der Waals surface area (Å²) < 4.78 is 0. The standard InChI is InChI=1S/C14H20ClNOS/c1-10-9-13(18-11(10)2)14(17)16-8-4-6-12(16)5-3-7-15/h9,12H,3-8H2,1-2H3. The molecule has 1 unspecified atom stereocenters. The Morgan fingerprint density at radius 1 is 1.56 bits per heavy atom. The lowest BCUT2D eigenvalue weighted by Gasteiger charge is -2.24. The zero-order valence-corrected chi connectivity index (χ0v) is 12.6. The number of nitrogens with zero attached hydrogens (tertiary/aromatic N) is 1. The van der Waals surface area contributed by atoms with Gasteiger partial charge in [-0.05, 0) is 51.2 Å². The molecular weight excluding hydrogens is 266 g/mol. The van der Waals surface area contributed by atoms with Crippen molar-refractivity contribution < 1.29 is 4.79 Å². The Morgan fingerprint density at radius 2 is 2.33 bits per heavy atom. The number of carbonyl (C=O) groups is 1. The molecule has 0 saturated carbocycles. The second kappa shape index (κ2) is 6.07. The van der Waals surface area contributed by atoms with Gasteiger partial charge in [0.1, 0.15) is 0 Å². The smallest absolute Gasteiger partial charge is 0.264 e. The van der Waals surface area contributed by atoms with Crippen LogP contribution < -0.4 is 0 Å². The minimum absolute atomic E-state index is 0.216.